The van der Waals surface area contributed by atoms with Gasteiger partial charge in [0.2, 0.25) is 0 Å². The Hall–Kier alpha value is -5.87. The van der Waals surface area contributed by atoms with Crippen molar-refractivity contribution in [3.8, 4) is 28.3 Å². The summed E-state index contributed by atoms with van der Waals surface area (Å²) < 4.78 is 16.5. The van der Waals surface area contributed by atoms with Crippen LogP contribution in [-0.2, 0) is 23.8 Å². The van der Waals surface area contributed by atoms with Crippen LogP contribution < -0.4 is 19.9 Å². The van der Waals surface area contributed by atoms with Crippen LogP contribution >= 0.6 is 0 Å². The first-order valence-electron chi connectivity index (χ1n) is 18.2. The standard InChI is InChI=1S/C43H43N5O5/c1-45-23-10-25-48-40-34(35-27-44-46(2)37(35)28-45)14-8-15-36(40)43(41(48)42(50)51,22-9-26-52-38-16-7-12-30-11-3-4-13-33(30)38)29-53-32-20-18-31(19-21-32)47-24-6-5-17-39(47)49/h3-8,11-21,24,27,41H,9-10,22-23,25-26,28-29H2,1-2H3,(H,50,51). The minimum absolute atomic E-state index is 0.125. The minimum atomic E-state index is -0.920. The van der Waals surface area contributed by atoms with Crippen molar-refractivity contribution in [2.45, 2.75) is 37.3 Å². The fourth-order valence-corrected chi connectivity index (χ4v) is 8.33. The van der Waals surface area contributed by atoms with E-state index in [1.807, 2.05) is 78.6 Å². The molecule has 0 aliphatic carbocycles. The molecule has 2 aromatic heterocycles. The maximum atomic E-state index is 13.7. The van der Waals surface area contributed by atoms with Crippen LogP contribution in [0.4, 0.5) is 5.69 Å². The van der Waals surface area contributed by atoms with Crippen LogP contribution in [0.25, 0.3) is 27.6 Å². The highest BCUT2D eigenvalue weighted by atomic mass is 16.5. The fraction of sp³-hybridized carbons (Fsp3) is 0.279. The van der Waals surface area contributed by atoms with Crippen LogP contribution in [0, 0.1) is 0 Å². The summed E-state index contributed by atoms with van der Waals surface area (Å²) in [6.45, 7) is 2.67. The quantitative estimate of drug-likeness (QED) is 0.157. The number of carboxylic acids is 1. The molecule has 2 atom stereocenters. The van der Waals surface area contributed by atoms with Crippen LogP contribution in [0.3, 0.4) is 0 Å². The zero-order valence-electron chi connectivity index (χ0n) is 30.0. The molecular weight excluding hydrogens is 667 g/mol. The predicted octanol–water partition coefficient (Wildman–Crippen LogP) is 6.68. The maximum Gasteiger partial charge on any atom is 0.327 e. The summed E-state index contributed by atoms with van der Waals surface area (Å²) in [4.78, 5) is 30.6. The Morgan fingerprint density at radius 3 is 2.51 bits per heavy atom. The van der Waals surface area contributed by atoms with E-state index in [4.69, 9.17) is 9.47 Å². The second kappa shape index (κ2) is 14.3. The Kier molecular flexibility index (Phi) is 9.22. The Labute approximate surface area is 308 Å². The van der Waals surface area contributed by atoms with E-state index >= 15 is 0 Å². The number of rotatable bonds is 10. The van der Waals surface area contributed by atoms with Gasteiger partial charge in [0.05, 0.1) is 23.9 Å². The molecule has 0 bridgehead atoms. The van der Waals surface area contributed by atoms with Crippen molar-refractivity contribution in [3.05, 3.63) is 137 Å². The third-order valence-electron chi connectivity index (χ3n) is 10.8. The number of carbonyl (C=O) groups is 1. The molecule has 8 rings (SSSR count). The summed E-state index contributed by atoms with van der Waals surface area (Å²) in [6, 6.07) is 32.0. The van der Waals surface area contributed by atoms with E-state index in [-0.39, 0.29) is 12.2 Å². The highest BCUT2D eigenvalue weighted by Gasteiger charge is 2.56. The number of nitrogens with zero attached hydrogens (tertiary/aromatic N) is 5. The van der Waals surface area contributed by atoms with Crippen molar-refractivity contribution in [2.24, 2.45) is 7.05 Å². The number of carboxylic acid groups (broad SMARTS) is 1. The number of aromatic nitrogens is 3. The first-order valence-corrected chi connectivity index (χ1v) is 18.2. The van der Waals surface area contributed by atoms with Crippen LogP contribution in [-0.4, -0.2) is 69.7 Å². The molecule has 0 saturated heterocycles. The van der Waals surface area contributed by atoms with Crippen molar-refractivity contribution in [1.29, 1.82) is 0 Å². The van der Waals surface area contributed by atoms with Gasteiger partial charge in [0.25, 0.3) is 5.56 Å². The molecule has 0 radical (unpaired) electrons. The van der Waals surface area contributed by atoms with Gasteiger partial charge in [0, 0.05) is 60.3 Å². The van der Waals surface area contributed by atoms with Gasteiger partial charge in [0.15, 0.2) is 0 Å². The van der Waals surface area contributed by atoms with Gasteiger partial charge in [-0.15, -0.1) is 0 Å². The van der Waals surface area contributed by atoms with Crippen molar-refractivity contribution in [2.75, 3.05) is 38.3 Å². The molecular formula is C43H43N5O5. The van der Waals surface area contributed by atoms with Crippen LogP contribution in [0.2, 0.25) is 0 Å². The molecule has 0 spiro atoms. The number of aryl methyl sites for hydroxylation is 1. The Balaban J connectivity index is 1.18. The van der Waals surface area contributed by atoms with E-state index < -0.39 is 17.4 Å². The molecule has 4 heterocycles. The SMILES string of the molecule is CN1CCCN2c3c(cccc3C(CCCOc3cccc4ccccc34)(COc3ccc(-n4ccccc4=O)cc3)C2C(=O)O)-c2cnn(C)c2C1. The van der Waals surface area contributed by atoms with Gasteiger partial charge in [-0.1, -0.05) is 60.7 Å². The fourth-order valence-electron chi connectivity index (χ4n) is 8.33. The third kappa shape index (κ3) is 6.33. The third-order valence-corrected chi connectivity index (χ3v) is 10.8. The molecule has 53 heavy (non-hydrogen) atoms. The summed E-state index contributed by atoms with van der Waals surface area (Å²) in [5.74, 6) is 0.517. The second-order valence-electron chi connectivity index (χ2n) is 14.1. The largest absolute Gasteiger partial charge is 0.493 e. The first-order chi connectivity index (χ1) is 25.8. The van der Waals surface area contributed by atoms with Gasteiger partial charge in [0.1, 0.15) is 24.1 Å². The number of hydrogen-bond donors (Lipinski definition) is 1. The second-order valence-corrected chi connectivity index (χ2v) is 14.1. The van der Waals surface area contributed by atoms with Gasteiger partial charge in [-0.05, 0) is 80.2 Å². The van der Waals surface area contributed by atoms with Crippen LogP contribution in [0.15, 0.2) is 120 Å². The number of hydrogen-bond acceptors (Lipinski definition) is 7. The zero-order valence-corrected chi connectivity index (χ0v) is 30.0. The summed E-state index contributed by atoms with van der Waals surface area (Å²) in [7, 11) is 4.06. The van der Waals surface area contributed by atoms with E-state index in [0.29, 0.717) is 31.7 Å². The van der Waals surface area contributed by atoms with Crippen molar-refractivity contribution in [3.63, 3.8) is 0 Å². The number of benzene rings is 4. The molecule has 2 aliphatic heterocycles. The summed E-state index contributed by atoms with van der Waals surface area (Å²) in [5, 5.41) is 18.0. The molecule has 6 aromatic rings. The predicted molar refractivity (Wildman–Crippen MR) is 206 cm³/mol. The van der Waals surface area contributed by atoms with Crippen molar-refractivity contribution < 1.29 is 19.4 Å². The number of anilines is 1. The van der Waals surface area contributed by atoms with Crippen molar-refractivity contribution in [1.82, 2.24) is 19.2 Å². The highest BCUT2D eigenvalue weighted by Crippen LogP contribution is 2.53. The Morgan fingerprint density at radius 2 is 1.68 bits per heavy atom. The van der Waals surface area contributed by atoms with E-state index in [1.54, 1.807) is 16.8 Å². The molecule has 0 fully saturated rings. The lowest BCUT2D eigenvalue weighted by atomic mass is 9.73. The van der Waals surface area contributed by atoms with E-state index in [9.17, 15) is 14.7 Å². The van der Waals surface area contributed by atoms with Gasteiger partial charge in [-0.2, -0.15) is 5.10 Å². The smallest absolute Gasteiger partial charge is 0.327 e. The Bertz CT molecular complexity index is 2330. The number of aliphatic carboxylic acids is 1. The van der Waals surface area contributed by atoms with Crippen LogP contribution in [0.1, 0.15) is 30.5 Å². The molecule has 10 heteroatoms. The average Bonchev–Trinajstić information content (AvgIpc) is 3.67. The van der Waals surface area contributed by atoms with Gasteiger partial charge < -0.3 is 24.4 Å². The van der Waals surface area contributed by atoms with Gasteiger partial charge >= 0.3 is 5.97 Å². The lowest BCUT2D eigenvalue weighted by molar-refractivity contribution is -0.140. The number of fused-ring (bicyclic) bond motifs is 3. The van der Waals surface area contributed by atoms with E-state index in [2.05, 4.69) is 52.3 Å². The number of ether oxygens (including phenoxy) is 2. The molecule has 0 saturated carbocycles. The monoisotopic (exact) mass is 709 g/mol. The topological polar surface area (TPSA) is 102 Å². The lowest BCUT2D eigenvalue weighted by Gasteiger charge is -2.37. The van der Waals surface area contributed by atoms with E-state index in [1.165, 1.54) is 6.07 Å². The summed E-state index contributed by atoms with van der Waals surface area (Å²) >= 11 is 0. The number of pyridine rings is 1. The molecule has 1 N–H and O–H groups in total. The molecule has 2 aliphatic rings. The Morgan fingerprint density at radius 1 is 0.887 bits per heavy atom. The molecule has 2 unspecified atom stereocenters. The molecule has 4 aromatic carbocycles. The zero-order chi connectivity index (χ0) is 36.5. The normalized spacial score (nSPS) is 18.4. The van der Waals surface area contributed by atoms with Crippen LogP contribution in [0.5, 0.6) is 11.5 Å². The summed E-state index contributed by atoms with van der Waals surface area (Å²) in [6.07, 6.45) is 5.55. The van der Waals surface area contributed by atoms with Gasteiger partial charge in [-0.25, -0.2) is 4.79 Å². The minimum Gasteiger partial charge on any atom is -0.493 e. The van der Waals surface area contributed by atoms with Gasteiger partial charge in [-0.3, -0.25) is 14.0 Å². The maximum absolute atomic E-state index is 13.7. The molecule has 270 valence electrons. The highest BCUT2D eigenvalue weighted by molar-refractivity contribution is 5.93. The lowest BCUT2D eigenvalue weighted by Crippen LogP contribution is -2.53. The summed E-state index contributed by atoms with van der Waals surface area (Å²) in [5.41, 5.74) is 4.66. The molecule has 0 amide bonds. The first kappa shape index (κ1) is 34.2. The average molecular weight is 710 g/mol. The van der Waals surface area contributed by atoms with E-state index in [0.717, 1.165) is 69.8 Å². The molecule has 10 nitrogen and oxygen atoms in total. The van der Waals surface area contributed by atoms with Crippen molar-refractivity contribution >= 4 is 22.4 Å². The number of para-hydroxylation sites is 1.